The fourth-order valence-corrected chi connectivity index (χ4v) is 3.81. The molecule has 35 heavy (non-hydrogen) atoms. The molecule has 1 amide bonds. The average Bonchev–Trinajstić information content (AvgIpc) is 3.10. The number of benzene rings is 2. The summed E-state index contributed by atoms with van der Waals surface area (Å²) in [5.74, 6) is -1.34. The Morgan fingerprint density at radius 1 is 1.17 bits per heavy atom. The zero-order chi connectivity index (χ0) is 25.5. The van der Waals surface area contributed by atoms with Gasteiger partial charge in [-0.2, -0.15) is 0 Å². The van der Waals surface area contributed by atoms with Crippen molar-refractivity contribution in [2.45, 2.75) is 32.4 Å². The van der Waals surface area contributed by atoms with E-state index in [4.69, 9.17) is 9.47 Å². The Morgan fingerprint density at radius 3 is 2.40 bits per heavy atom. The van der Waals surface area contributed by atoms with E-state index in [1.165, 1.54) is 29.2 Å². The van der Waals surface area contributed by atoms with Crippen LogP contribution in [-0.2, 0) is 14.3 Å². The second-order valence-corrected chi connectivity index (χ2v) is 8.24. The number of ketones is 1. The highest BCUT2D eigenvalue weighted by atomic mass is 16.6. The lowest BCUT2D eigenvalue weighted by molar-refractivity contribution is -0.384. The summed E-state index contributed by atoms with van der Waals surface area (Å²) in [5.41, 5.74) is 0.621. The Kier molecular flexibility index (Phi) is 8.38. The monoisotopic (exact) mass is 480 g/mol. The first-order valence-corrected chi connectivity index (χ1v) is 11.2. The smallest absolute Gasteiger partial charge is 0.295 e. The molecule has 9 heteroatoms. The first-order valence-electron chi connectivity index (χ1n) is 11.2. The van der Waals surface area contributed by atoms with Crippen LogP contribution in [0.3, 0.4) is 0 Å². The molecule has 1 atom stereocenters. The molecule has 0 aromatic heterocycles. The molecule has 0 saturated carbocycles. The minimum Gasteiger partial charge on any atom is -0.507 e. The van der Waals surface area contributed by atoms with Gasteiger partial charge >= 0.3 is 0 Å². The van der Waals surface area contributed by atoms with Crippen LogP contribution < -0.4 is 4.74 Å². The van der Waals surface area contributed by atoms with E-state index in [9.17, 15) is 24.8 Å². The van der Waals surface area contributed by atoms with Crippen molar-refractivity contribution in [2.75, 3.05) is 19.8 Å². The molecular weight excluding hydrogens is 452 g/mol. The van der Waals surface area contributed by atoms with Gasteiger partial charge in [0.05, 0.1) is 22.6 Å². The second-order valence-electron chi connectivity index (χ2n) is 8.24. The van der Waals surface area contributed by atoms with Gasteiger partial charge in [0.2, 0.25) is 0 Å². The number of amides is 1. The average molecular weight is 481 g/mol. The number of hydrogen-bond donors (Lipinski definition) is 1. The zero-order valence-corrected chi connectivity index (χ0v) is 19.7. The molecule has 3 rings (SSSR count). The summed E-state index contributed by atoms with van der Waals surface area (Å²) in [6, 6.07) is 11.2. The van der Waals surface area contributed by atoms with Gasteiger partial charge in [0.15, 0.2) is 0 Å². The summed E-state index contributed by atoms with van der Waals surface area (Å²) in [4.78, 5) is 38.0. The number of ether oxygens (including phenoxy) is 2. The highest BCUT2D eigenvalue weighted by Gasteiger charge is 2.45. The number of nitro benzene ring substituents is 1. The van der Waals surface area contributed by atoms with Gasteiger partial charge < -0.3 is 19.5 Å². The van der Waals surface area contributed by atoms with Crippen molar-refractivity contribution in [3.63, 3.8) is 0 Å². The number of Topliss-reactive ketones (excluding diaryl/α,β-unsaturated/α-hetero) is 1. The van der Waals surface area contributed by atoms with Gasteiger partial charge in [-0.1, -0.05) is 12.7 Å². The second kappa shape index (κ2) is 11.4. The Morgan fingerprint density at radius 2 is 1.83 bits per heavy atom. The van der Waals surface area contributed by atoms with Crippen LogP contribution in [0.5, 0.6) is 5.75 Å². The number of aliphatic hydroxyl groups excluding tert-OH is 1. The molecule has 2 aromatic carbocycles. The number of likely N-dealkylation sites (tertiary alicyclic amines) is 1. The van der Waals surface area contributed by atoms with Gasteiger partial charge in [-0.15, -0.1) is 0 Å². The number of aliphatic hydroxyl groups is 1. The van der Waals surface area contributed by atoms with Crippen molar-refractivity contribution >= 4 is 23.1 Å². The van der Waals surface area contributed by atoms with Crippen LogP contribution >= 0.6 is 0 Å². The van der Waals surface area contributed by atoms with Gasteiger partial charge in [-0.05, 0) is 62.2 Å². The molecule has 0 radical (unpaired) electrons. The summed E-state index contributed by atoms with van der Waals surface area (Å²) in [7, 11) is 0. The third-order valence-corrected chi connectivity index (χ3v) is 5.45. The maximum absolute atomic E-state index is 13.1. The Labute approximate surface area is 203 Å². The van der Waals surface area contributed by atoms with Gasteiger partial charge in [0.25, 0.3) is 17.4 Å². The Hall–Kier alpha value is -3.98. The third kappa shape index (κ3) is 5.93. The molecule has 9 nitrogen and oxygen atoms in total. The van der Waals surface area contributed by atoms with Crippen LogP contribution in [0.25, 0.3) is 5.76 Å². The first-order chi connectivity index (χ1) is 16.7. The molecule has 1 unspecified atom stereocenters. The molecule has 1 N–H and O–H groups in total. The lowest BCUT2D eigenvalue weighted by Crippen LogP contribution is -2.31. The SMILES string of the molecule is C=CCOc1ccc(C(O)=C2C(=O)C(=O)N(CCCOC(C)C)C2c2ccc([N+](=O)[O-])cc2)cc1. The van der Waals surface area contributed by atoms with E-state index >= 15 is 0 Å². The van der Waals surface area contributed by atoms with E-state index < -0.39 is 22.7 Å². The predicted molar refractivity (Wildman–Crippen MR) is 130 cm³/mol. The van der Waals surface area contributed by atoms with Crippen molar-refractivity contribution in [3.05, 3.63) is 88.0 Å². The van der Waals surface area contributed by atoms with Gasteiger partial charge in [0.1, 0.15) is 18.1 Å². The van der Waals surface area contributed by atoms with Gasteiger partial charge in [0, 0.05) is 30.8 Å². The number of rotatable bonds is 11. The van der Waals surface area contributed by atoms with Crippen LogP contribution in [-0.4, -0.2) is 52.5 Å². The third-order valence-electron chi connectivity index (χ3n) is 5.45. The molecule has 0 aliphatic carbocycles. The fraction of sp³-hybridized carbons (Fsp3) is 0.308. The minimum absolute atomic E-state index is 0.0225. The highest BCUT2D eigenvalue weighted by molar-refractivity contribution is 6.46. The molecule has 2 aromatic rings. The van der Waals surface area contributed by atoms with Crippen molar-refractivity contribution < 1.29 is 29.1 Å². The maximum Gasteiger partial charge on any atom is 0.295 e. The molecule has 0 spiro atoms. The molecule has 184 valence electrons. The predicted octanol–water partition coefficient (Wildman–Crippen LogP) is 4.40. The standard InChI is InChI=1S/C26H28N2O7/c1-4-15-35-21-12-8-19(9-13-21)24(29)22-23(18-6-10-20(11-7-18)28(32)33)27(26(31)25(22)30)14-5-16-34-17(2)3/h4,6-13,17,23,29H,1,5,14-16H2,2-3H3. The summed E-state index contributed by atoms with van der Waals surface area (Å²) >= 11 is 0. The molecule has 1 aliphatic heterocycles. The quantitative estimate of drug-likeness (QED) is 0.0963. The molecule has 1 saturated heterocycles. The number of nitrogens with zero attached hydrogens (tertiary/aromatic N) is 2. The molecule has 0 bridgehead atoms. The van der Waals surface area contributed by atoms with Crippen molar-refractivity contribution in [1.82, 2.24) is 4.90 Å². The summed E-state index contributed by atoms with van der Waals surface area (Å²) in [5, 5.41) is 22.2. The summed E-state index contributed by atoms with van der Waals surface area (Å²) in [6.45, 7) is 8.31. The zero-order valence-electron chi connectivity index (χ0n) is 19.7. The number of nitro groups is 1. The maximum atomic E-state index is 13.1. The molecule has 1 aliphatic rings. The summed E-state index contributed by atoms with van der Waals surface area (Å²) < 4.78 is 11.0. The molecule has 1 fully saturated rings. The van der Waals surface area contributed by atoms with Crippen LogP contribution in [0.15, 0.2) is 66.8 Å². The van der Waals surface area contributed by atoms with Crippen molar-refractivity contribution in [2.24, 2.45) is 0 Å². The van der Waals surface area contributed by atoms with Gasteiger partial charge in [-0.3, -0.25) is 19.7 Å². The first kappa shape index (κ1) is 25.6. The van der Waals surface area contributed by atoms with Crippen molar-refractivity contribution in [1.29, 1.82) is 0 Å². The van der Waals surface area contributed by atoms with Crippen LogP contribution in [0.2, 0.25) is 0 Å². The topological polar surface area (TPSA) is 119 Å². The van der Waals surface area contributed by atoms with Crippen LogP contribution in [0.1, 0.15) is 37.4 Å². The van der Waals surface area contributed by atoms with Crippen molar-refractivity contribution in [3.8, 4) is 5.75 Å². The lowest BCUT2D eigenvalue weighted by Gasteiger charge is -2.25. The Bertz CT molecular complexity index is 1120. The van der Waals surface area contributed by atoms with E-state index in [2.05, 4.69) is 6.58 Å². The number of carbonyl (C=O) groups is 2. The van der Waals surface area contributed by atoms with E-state index in [0.717, 1.165) is 0 Å². The lowest BCUT2D eigenvalue weighted by atomic mass is 9.95. The van der Waals surface area contributed by atoms with E-state index in [0.29, 0.717) is 36.5 Å². The summed E-state index contributed by atoms with van der Waals surface area (Å²) in [6.07, 6.45) is 2.10. The fourth-order valence-electron chi connectivity index (χ4n) is 3.81. The highest BCUT2D eigenvalue weighted by Crippen LogP contribution is 2.40. The van der Waals surface area contributed by atoms with Gasteiger partial charge in [-0.25, -0.2) is 0 Å². The Balaban J connectivity index is 2.00. The number of hydrogen-bond acceptors (Lipinski definition) is 7. The molecule has 1 heterocycles. The van der Waals surface area contributed by atoms with Crippen LogP contribution in [0.4, 0.5) is 5.69 Å². The van der Waals surface area contributed by atoms with E-state index in [1.807, 2.05) is 13.8 Å². The largest absolute Gasteiger partial charge is 0.507 e. The number of non-ortho nitro benzene ring substituents is 1. The van der Waals surface area contributed by atoms with E-state index in [-0.39, 0.29) is 29.7 Å². The minimum atomic E-state index is -0.897. The van der Waals surface area contributed by atoms with E-state index in [1.54, 1.807) is 30.3 Å². The normalized spacial score (nSPS) is 17.1. The molecular formula is C26H28N2O7. The number of carbonyl (C=O) groups excluding carboxylic acids is 2. The van der Waals surface area contributed by atoms with Crippen LogP contribution in [0, 0.1) is 10.1 Å².